The minimum Gasteiger partial charge on any atom is -0.305 e. The summed E-state index contributed by atoms with van der Waals surface area (Å²) in [5.41, 5.74) is 0. The Labute approximate surface area is 62.4 Å². The molecule has 10 heavy (non-hydrogen) atoms. The lowest BCUT2D eigenvalue weighted by Gasteiger charge is -2.11. The molecule has 0 spiro atoms. The molecule has 0 aliphatic carbocycles. The van der Waals surface area contributed by atoms with Gasteiger partial charge in [0.05, 0.1) is 12.2 Å². The molecule has 0 heterocycles. The predicted octanol–water partition coefficient (Wildman–Crippen LogP) is 0.844. The van der Waals surface area contributed by atoms with Crippen LogP contribution in [0.4, 0.5) is 0 Å². The molecule has 0 aliphatic rings. The van der Waals surface area contributed by atoms with Gasteiger partial charge >= 0.3 is 0 Å². The van der Waals surface area contributed by atoms with Crippen LogP contribution in [0.5, 0.6) is 0 Å². The van der Waals surface area contributed by atoms with Crippen LogP contribution in [0.25, 0.3) is 0 Å². The molecular formula is C6H12NO2P. The van der Waals surface area contributed by atoms with Crippen molar-refractivity contribution in [2.45, 2.75) is 25.9 Å². The van der Waals surface area contributed by atoms with E-state index in [4.69, 9.17) is 0 Å². The smallest absolute Gasteiger partial charge is 0.157 e. The van der Waals surface area contributed by atoms with Crippen LogP contribution in [-0.2, 0) is 9.36 Å². The van der Waals surface area contributed by atoms with Crippen LogP contribution in [0.15, 0.2) is 0 Å². The molecule has 3 nitrogen and oxygen atoms in total. The third kappa shape index (κ3) is 4.59. The molecule has 0 saturated carbocycles. The van der Waals surface area contributed by atoms with Gasteiger partial charge in [0.15, 0.2) is 8.46 Å². The van der Waals surface area contributed by atoms with Gasteiger partial charge in [0.1, 0.15) is 6.29 Å². The molecule has 4 heteroatoms. The van der Waals surface area contributed by atoms with Crippen LogP contribution in [0, 0.1) is 0 Å². The molecule has 1 unspecified atom stereocenters. The SMILES string of the molecule is CC(C)NC(C=O)CP=O. The average molecular weight is 161 g/mol. The van der Waals surface area contributed by atoms with E-state index < -0.39 is 0 Å². The summed E-state index contributed by atoms with van der Waals surface area (Å²) in [4.78, 5) is 10.2. The van der Waals surface area contributed by atoms with Crippen molar-refractivity contribution in [3.05, 3.63) is 0 Å². The minimum absolute atomic E-state index is 0.0166. The fourth-order valence-electron chi connectivity index (χ4n) is 0.643. The van der Waals surface area contributed by atoms with Gasteiger partial charge in [-0.05, 0) is 0 Å². The number of nitrogens with one attached hydrogen (secondary N) is 1. The first-order valence-corrected chi connectivity index (χ1v) is 4.21. The number of carbonyl (C=O) groups is 1. The lowest BCUT2D eigenvalue weighted by molar-refractivity contribution is -0.109. The first-order valence-electron chi connectivity index (χ1n) is 3.21. The van der Waals surface area contributed by atoms with Crippen molar-refractivity contribution in [2.75, 3.05) is 6.16 Å². The normalized spacial score (nSPS) is 13.9. The number of carbonyl (C=O) groups excluding carboxylic acids is 1. The maximum absolute atomic E-state index is 10.2. The fourth-order valence-corrected chi connectivity index (χ4v) is 0.996. The van der Waals surface area contributed by atoms with E-state index in [-0.39, 0.29) is 20.5 Å². The summed E-state index contributed by atoms with van der Waals surface area (Å²) in [5.74, 6) is 0. The molecule has 0 rings (SSSR count). The van der Waals surface area contributed by atoms with E-state index in [2.05, 4.69) is 5.32 Å². The first-order chi connectivity index (χ1) is 4.70. The second-order valence-electron chi connectivity index (χ2n) is 2.38. The molecule has 0 aliphatic heterocycles. The standard InChI is InChI=1S/C6H12NO2P/c1-5(2)7-6(3-8)4-10-9/h3,5-7H,4H2,1-2H3. The zero-order valence-corrected chi connectivity index (χ0v) is 7.10. The van der Waals surface area contributed by atoms with E-state index in [0.29, 0.717) is 6.16 Å². The summed E-state index contributed by atoms with van der Waals surface area (Å²) < 4.78 is 10.1. The lowest BCUT2D eigenvalue weighted by atomic mass is 10.3. The molecule has 1 atom stereocenters. The Bertz CT molecular complexity index is 116. The highest BCUT2D eigenvalue weighted by Crippen LogP contribution is 1.95. The van der Waals surface area contributed by atoms with Gasteiger partial charge in [-0.15, -0.1) is 0 Å². The first kappa shape index (κ1) is 9.73. The largest absolute Gasteiger partial charge is 0.305 e. The van der Waals surface area contributed by atoms with Gasteiger partial charge in [-0.2, -0.15) is 0 Å². The molecular weight excluding hydrogens is 149 g/mol. The summed E-state index contributed by atoms with van der Waals surface area (Å²) >= 11 is 0. The summed E-state index contributed by atoms with van der Waals surface area (Å²) in [6.07, 6.45) is 1.15. The van der Waals surface area contributed by atoms with E-state index in [1.165, 1.54) is 0 Å². The quantitative estimate of drug-likeness (QED) is 0.480. The van der Waals surface area contributed by atoms with Crippen molar-refractivity contribution >= 4 is 14.7 Å². The maximum Gasteiger partial charge on any atom is 0.157 e. The van der Waals surface area contributed by atoms with E-state index >= 15 is 0 Å². The van der Waals surface area contributed by atoms with Crippen LogP contribution in [-0.4, -0.2) is 24.5 Å². The fraction of sp³-hybridized carbons (Fsp3) is 0.833. The Morgan fingerprint density at radius 3 is 2.50 bits per heavy atom. The van der Waals surface area contributed by atoms with Crippen LogP contribution < -0.4 is 5.32 Å². The van der Waals surface area contributed by atoms with Gasteiger partial charge in [-0.25, -0.2) is 0 Å². The molecule has 0 aromatic heterocycles. The van der Waals surface area contributed by atoms with Gasteiger partial charge in [0.25, 0.3) is 0 Å². The molecule has 0 aromatic carbocycles. The topological polar surface area (TPSA) is 46.2 Å². The predicted molar refractivity (Wildman–Crippen MR) is 40.6 cm³/mol. The number of aldehydes is 1. The Balaban J connectivity index is 3.59. The Hall–Kier alpha value is -0.270. The molecule has 0 aromatic rings. The maximum atomic E-state index is 10.2. The van der Waals surface area contributed by atoms with Crippen molar-refractivity contribution in [1.29, 1.82) is 0 Å². The highest BCUT2D eigenvalue weighted by atomic mass is 31.1. The van der Waals surface area contributed by atoms with E-state index in [9.17, 15) is 9.36 Å². The van der Waals surface area contributed by atoms with Crippen molar-refractivity contribution in [3.63, 3.8) is 0 Å². The molecule has 0 bridgehead atoms. The van der Waals surface area contributed by atoms with Gasteiger partial charge in [0, 0.05) is 6.04 Å². The van der Waals surface area contributed by atoms with E-state index in [1.807, 2.05) is 13.8 Å². The second-order valence-corrected chi connectivity index (χ2v) is 3.00. The van der Waals surface area contributed by atoms with Crippen LogP contribution in [0.1, 0.15) is 13.8 Å². The van der Waals surface area contributed by atoms with Gasteiger partial charge in [0.2, 0.25) is 0 Å². The zero-order chi connectivity index (χ0) is 7.98. The highest BCUT2D eigenvalue weighted by molar-refractivity contribution is 7.23. The summed E-state index contributed by atoms with van der Waals surface area (Å²) in [5, 5.41) is 2.96. The van der Waals surface area contributed by atoms with E-state index in [1.54, 1.807) is 0 Å². The molecule has 0 saturated heterocycles. The third-order valence-corrected chi connectivity index (χ3v) is 1.53. The Morgan fingerprint density at radius 2 is 2.20 bits per heavy atom. The molecule has 0 fully saturated rings. The van der Waals surface area contributed by atoms with E-state index in [0.717, 1.165) is 6.29 Å². The Morgan fingerprint density at radius 1 is 1.60 bits per heavy atom. The van der Waals surface area contributed by atoms with Gasteiger partial charge in [-0.3, -0.25) is 4.57 Å². The van der Waals surface area contributed by atoms with Crippen molar-refractivity contribution < 1.29 is 9.36 Å². The lowest BCUT2D eigenvalue weighted by Crippen LogP contribution is -2.37. The van der Waals surface area contributed by atoms with Crippen molar-refractivity contribution in [1.82, 2.24) is 5.32 Å². The Kier molecular flexibility index (Phi) is 5.36. The average Bonchev–Trinajstić information content (AvgIpc) is 1.86. The number of rotatable bonds is 5. The molecule has 1 N–H and O–H groups in total. The number of hydrogen-bond donors (Lipinski definition) is 1. The van der Waals surface area contributed by atoms with Crippen LogP contribution >= 0.6 is 8.46 Å². The van der Waals surface area contributed by atoms with Crippen molar-refractivity contribution in [3.8, 4) is 0 Å². The molecule has 0 amide bonds. The molecule has 0 radical (unpaired) electrons. The highest BCUT2D eigenvalue weighted by Gasteiger charge is 2.06. The van der Waals surface area contributed by atoms with Crippen molar-refractivity contribution in [2.24, 2.45) is 0 Å². The minimum atomic E-state index is -0.265. The summed E-state index contributed by atoms with van der Waals surface area (Å²) in [7, 11) is 0.0166. The zero-order valence-electron chi connectivity index (χ0n) is 6.20. The summed E-state index contributed by atoms with van der Waals surface area (Å²) in [6.45, 7) is 3.89. The third-order valence-electron chi connectivity index (χ3n) is 0.983. The van der Waals surface area contributed by atoms with Gasteiger partial charge in [-0.1, -0.05) is 13.8 Å². The molecule has 58 valence electrons. The van der Waals surface area contributed by atoms with Crippen LogP contribution in [0.3, 0.4) is 0 Å². The monoisotopic (exact) mass is 161 g/mol. The second kappa shape index (κ2) is 5.51. The van der Waals surface area contributed by atoms with Crippen LogP contribution in [0.2, 0.25) is 0 Å². The van der Waals surface area contributed by atoms with Gasteiger partial charge < -0.3 is 10.1 Å². The summed E-state index contributed by atoms with van der Waals surface area (Å²) in [6, 6.07) is -0.00360. The number of hydrogen-bond acceptors (Lipinski definition) is 3.